The van der Waals surface area contributed by atoms with E-state index in [1.54, 1.807) is 6.92 Å². The summed E-state index contributed by atoms with van der Waals surface area (Å²) in [5, 5.41) is 2.27. The Labute approximate surface area is 101 Å². The lowest BCUT2D eigenvalue weighted by atomic mass is 9.92. The van der Waals surface area contributed by atoms with Crippen molar-refractivity contribution < 1.29 is 18.4 Å². The van der Waals surface area contributed by atoms with Crippen molar-refractivity contribution in [1.29, 1.82) is 0 Å². The molecule has 2 rings (SSSR count). The van der Waals surface area contributed by atoms with Gasteiger partial charge < -0.3 is 5.32 Å². The topological polar surface area (TPSA) is 46.2 Å². The van der Waals surface area contributed by atoms with E-state index < -0.39 is 17.6 Å². The van der Waals surface area contributed by atoms with Crippen molar-refractivity contribution in [3.05, 3.63) is 27.8 Å². The van der Waals surface area contributed by atoms with Crippen molar-refractivity contribution >= 4 is 29.0 Å². The summed E-state index contributed by atoms with van der Waals surface area (Å²) in [5.74, 6) is -7.13. The Bertz CT molecular complexity index is 555. The molecule has 1 N–H and O–H groups in total. The summed E-state index contributed by atoms with van der Waals surface area (Å²) in [6.45, 7) is 3.05. The summed E-state index contributed by atoms with van der Waals surface area (Å²) < 4.78 is 26.6. The highest BCUT2D eigenvalue weighted by Gasteiger charge is 2.52. The van der Waals surface area contributed by atoms with E-state index in [-0.39, 0.29) is 21.8 Å². The predicted molar refractivity (Wildman–Crippen MR) is 58.8 cm³/mol. The molecule has 1 aromatic carbocycles. The minimum Gasteiger partial charge on any atom is -0.319 e. The molecule has 0 fully saturated rings. The number of aryl methyl sites for hydroxylation is 1. The van der Waals surface area contributed by atoms with E-state index in [2.05, 4.69) is 0 Å². The number of carbonyl (C=O) groups excluding carboxylic acids is 2. The normalized spacial score (nSPS) is 17.7. The fraction of sp³-hybridized carbons (Fsp3) is 0.273. The molecule has 0 unspecified atom stereocenters. The summed E-state index contributed by atoms with van der Waals surface area (Å²) in [5.41, 5.74) is 0.636. The van der Waals surface area contributed by atoms with Gasteiger partial charge in [0.1, 0.15) is 0 Å². The Hall–Kier alpha value is -1.49. The van der Waals surface area contributed by atoms with Crippen molar-refractivity contribution in [3.8, 4) is 0 Å². The molecule has 0 aliphatic carbocycles. The van der Waals surface area contributed by atoms with Crippen LogP contribution >= 0.6 is 11.6 Å². The number of fused-ring (bicyclic) bond motifs is 1. The van der Waals surface area contributed by atoms with Gasteiger partial charge in [-0.1, -0.05) is 11.6 Å². The number of carbonyl (C=O) groups is 2. The van der Waals surface area contributed by atoms with Crippen LogP contribution in [0.5, 0.6) is 0 Å². The number of hydrogen-bond acceptors (Lipinski definition) is 2. The van der Waals surface area contributed by atoms with Crippen LogP contribution in [-0.4, -0.2) is 17.6 Å². The van der Waals surface area contributed by atoms with Gasteiger partial charge >= 0.3 is 11.8 Å². The number of benzene rings is 1. The number of amides is 1. The van der Waals surface area contributed by atoms with Crippen LogP contribution in [0.3, 0.4) is 0 Å². The SMILES string of the molecule is Cc1cc(Cl)c(C)c2c1NC(=O)C(F)(F)C2=O. The summed E-state index contributed by atoms with van der Waals surface area (Å²) in [4.78, 5) is 22.7. The van der Waals surface area contributed by atoms with Gasteiger partial charge in [-0.25, -0.2) is 0 Å². The number of halogens is 3. The molecule has 1 aliphatic heterocycles. The van der Waals surface area contributed by atoms with E-state index in [0.717, 1.165) is 0 Å². The number of alkyl halides is 2. The molecule has 0 aromatic heterocycles. The Kier molecular flexibility index (Phi) is 2.47. The zero-order chi connectivity index (χ0) is 13.0. The van der Waals surface area contributed by atoms with Gasteiger partial charge in [-0.05, 0) is 31.0 Å². The molecule has 90 valence electrons. The van der Waals surface area contributed by atoms with Gasteiger partial charge in [0.2, 0.25) is 5.78 Å². The predicted octanol–water partition coefficient (Wildman–Crippen LogP) is 2.73. The lowest BCUT2D eigenvalue weighted by Crippen LogP contribution is -2.46. The molecule has 1 aromatic rings. The van der Waals surface area contributed by atoms with Gasteiger partial charge in [0.25, 0.3) is 0 Å². The lowest BCUT2D eigenvalue weighted by molar-refractivity contribution is -0.134. The molecular weight excluding hydrogens is 252 g/mol. The quantitative estimate of drug-likeness (QED) is 0.728. The van der Waals surface area contributed by atoms with Crippen molar-refractivity contribution in [2.24, 2.45) is 0 Å². The van der Waals surface area contributed by atoms with Crippen LogP contribution in [0, 0.1) is 13.8 Å². The third-order valence-corrected chi connectivity index (χ3v) is 3.15. The second kappa shape index (κ2) is 3.50. The van der Waals surface area contributed by atoms with Gasteiger partial charge in [0.05, 0.1) is 11.3 Å². The summed E-state index contributed by atoms with van der Waals surface area (Å²) in [6, 6.07) is 1.52. The number of ketones is 1. The Morgan fingerprint density at radius 1 is 1.29 bits per heavy atom. The number of anilines is 1. The molecule has 17 heavy (non-hydrogen) atoms. The van der Waals surface area contributed by atoms with Crippen molar-refractivity contribution in [2.45, 2.75) is 19.8 Å². The maximum absolute atomic E-state index is 13.3. The zero-order valence-corrected chi connectivity index (χ0v) is 9.78. The first-order chi connectivity index (χ1) is 7.76. The summed E-state index contributed by atoms with van der Waals surface area (Å²) in [6.07, 6.45) is 0. The van der Waals surface area contributed by atoms with Gasteiger partial charge in [-0.3, -0.25) is 9.59 Å². The molecule has 3 nitrogen and oxygen atoms in total. The van der Waals surface area contributed by atoms with Crippen molar-refractivity contribution in [3.63, 3.8) is 0 Å². The maximum atomic E-state index is 13.3. The molecule has 0 bridgehead atoms. The van der Waals surface area contributed by atoms with Crippen LogP contribution in [0.1, 0.15) is 21.5 Å². The van der Waals surface area contributed by atoms with Crippen LogP contribution < -0.4 is 5.32 Å². The Morgan fingerprint density at radius 3 is 2.47 bits per heavy atom. The highest BCUT2D eigenvalue weighted by Crippen LogP contribution is 2.38. The molecule has 0 spiro atoms. The Morgan fingerprint density at radius 2 is 1.88 bits per heavy atom. The van der Waals surface area contributed by atoms with Crippen molar-refractivity contribution in [2.75, 3.05) is 5.32 Å². The molecule has 1 aliphatic rings. The van der Waals surface area contributed by atoms with Gasteiger partial charge in [0.15, 0.2) is 0 Å². The lowest BCUT2D eigenvalue weighted by Gasteiger charge is -2.26. The van der Waals surface area contributed by atoms with Gasteiger partial charge in [-0.15, -0.1) is 0 Å². The van der Waals surface area contributed by atoms with Crippen LogP contribution in [0.2, 0.25) is 5.02 Å². The van der Waals surface area contributed by atoms with Crippen LogP contribution in [0.15, 0.2) is 6.07 Å². The number of rotatable bonds is 0. The molecule has 1 heterocycles. The van der Waals surface area contributed by atoms with E-state index in [1.165, 1.54) is 13.0 Å². The average Bonchev–Trinajstić information content (AvgIpc) is 2.23. The second-order valence-corrected chi connectivity index (χ2v) is 4.32. The van der Waals surface area contributed by atoms with E-state index >= 15 is 0 Å². The molecule has 6 heteroatoms. The number of Topliss-reactive ketones (excluding diaryl/α,β-unsaturated/α-hetero) is 1. The van der Waals surface area contributed by atoms with Crippen LogP contribution in [0.25, 0.3) is 0 Å². The first-order valence-electron chi connectivity index (χ1n) is 4.80. The van der Waals surface area contributed by atoms with E-state index in [9.17, 15) is 18.4 Å². The fourth-order valence-corrected chi connectivity index (χ4v) is 2.03. The first kappa shape index (κ1) is 12.0. The first-order valence-corrected chi connectivity index (χ1v) is 5.18. The van der Waals surface area contributed by atoms with E-state index in [0.29, 0.717) is 5.56 Å². The third-order valence-electron chi connectivity index (χ3n) is 2.76. The smallest absolute Gasteiger partial charge is 0.319 e. The molecular formula is C11H8ClF2NO2. The van der Waals surface area contributed by atoms with Crippen LogP contribution in [-0.2, 0) is 4.79 Å². The fourth-order valence-electron chi connectivity index (χ4n) is 1.77. The minimum atomic E-state index is -4.03. The van der Waals surface area contributed by atoms with Gasteiger partial charge in [0, 0.05) is 5.02 Å². The monoisotopic (exact) mass is 259 g/mol. The van der Waals surface area contributed by atoms with Gasteiger partial charge in [-0.2, -0.15) is 8.78 Å². The van der Waals surface area contributed by atoms with E-state index in [4.69, 9.17) is 11.6 Å². The zero-order valence-electron chi connectivity index (χ0n) is 9.03. The molecule has 1 amide bonds. The Balaban J connectivity index is 2.79. The number of nitrogens with one attached hydrogen (secondary N) is 1. The van der Waals surface area contributed by atoms with Crippen molar-refractivity contribution in [1.82, 2.24) is 0 Å². The second-order valence-electron chi connectivity index (χ2n) is 3.91. The highest BCUT2D eigenvalue weighted by molar-refractivity contribution is 6.34. The highest BCUT2D eigenvalue weighted by atomic mass is 35.5. The minimum absolute atomic E-state index is 0.118. The standard InChI is InChI=1S/C11H8ClF2NO2/c1-4-3-6(12)5(2)7-8(4)15-10(17)11(13,14)9(7)16/h3H,1-2H3,(H,15,17). The molecule has 0 atom stereocenters. The summed E-state index contributed by atoms with van der Waals surface area (Å²) >= 11 is 5.84. The largest absolute Gasteiger partial charge is 0.386 e. The average molecular weight is 260 g/mol. The van der Waals surface area contributed by atoms with E-state index in [1.807, 2.05) is 5.32 Å². The molecule has 0 saturated heterocycles. The summed E-state index contributed by atoms with van der Waals surface area (Å²) in [7, 11) is 0. The van der Waals surface area contributed by atoms with Crippen LogP contribution in [0.4, 0.5) is 14.5 Å². The molecule has 0 saturated carbocycles. The molecule has 0 radical (unpaired) electrons. The number of hydrogen-bond donors (Lipinski definition) is 1. The maximum Gasteiger partial charge on any atom is 0.386 e. The third kappa shape index (κ3) is 1.53.